The van der Waals surface area contributed by atoms with Gasteiger partial charge < -0.3 is 9.76 Å². The predicted molar refractivity (Wildman–Crippen MR) is 43.7 cm³/mol. The summed E-state index contributed by atoms with van der Waals surface area (Å²) in [4.78, 5) is 0. The zero-order chi connectivity index (χ0) is 7.68. The number of ether oxygens (including phenoxy) is 1. The quantitative estimate of drug-likeness (QED) is 0.522. The van der Waals surface area contributed by atoms with E-state index in [0.717, 1.165) is 11.0 Å². The summed E-state index contributed by atoms with van der Waals surface area (Å²) in [5.41, 5.74) is 2.12. The normalized spacial score (nSPS) is 16.3. The number of hydrogen-bond donors (Lipinski definition) is 1. The van der Waals surface area contributed by atoms with Crippen LogP contribution in [0.3, 0.4) is 0 Å². The molecule has 11 heavy (non-hydrogen) atoms. The van der Waals surface area contributed by atoms with Gasteiger partial charge in [-0.05, 0) is 11.0 Å². The van der Waals surface area contributed by atoms with Gasteiger partial charge in [0.05, 0.1) is 13.1 Å². The summed E-state index contributed by atoms with van der Waals surface area (Å²) < 4.78 is 5.16. The van der Waals surface area contributed by atoms with E-state index in [-0.39, 0.29) is 0 Å². The molecule has 1 N–H and O–H groups in total. The van der Waals surface area contributed by atoms with E-state index in [0.29, 0.717) is 13.1 Å². The maximum absolute atomic E-state index is 9.44. The van der Waals surface area contributed by atoms with E-state index < -0.39 is 6.92 Å². The van der Waals surface area contributed by atoms with Crippen molar-refractivity contribution < 1.29 is 9.76 Å². The second-order valence-corrected chi connectivity index (χ2v) is 2.73. The van der Waals surface area contributed by atoms with Gasteiger partial charge in [-0.15, -0.1) is 0 Å². The summed E-state index contributed by atoms with van der Waals surface area (Å²) in [5.74, 6) is 0. The lowest BCUT2D eigenvalue weighted by Crippen LogP contribution is -2.41. The molecule has 0 saturated heterocycles. The first-order chi connectivity index (χ1) is 5.38. The molecular formula is C8H9BO2. The molecule has 56 valence electrons. The molecule has 1 heterocycles. The number of rotatable bonds is 0. The minimum absolute atomic E-state index is 0.428. The Morgan fingerprint density at radius 2 is 2.18 bits per heavy atom. The Morgan fingerprint density at radius 3 is 3.00 bits per heavy atom. The van der Waals surface area contributed by atoms with Gasteiger partial charge in [0.25, 0.3) is 0 Å². The number of hydrogen-bond acceptors (Lipinski definition) is 2. The van der Waals surface area contributed by atoms with Crippen LogP contribution in [-0.4, -0.2) is 18.4 Å². The van der Waals surface area contributed by atoms with Crippen molar-refractivity contribution in [2.75, 3.05) is 6.51 Å². The first kappa shape index (κ1) is 6.89. The fourth-order valence-electron chi connectivity index (χ4n) is 1.36. The standard InChI is InChI=1S/C8H9BO2/c10-9-6-11-5-7-3-1-2-4-8(7)9/h1-4,10H,5-6H2. The average Bonchev–Trinajstić information content (AvgIpc) is 2.06. The SMILES string of the molecule is OB1COCc2ccccc21. The van der Waals surface area contributed by atoms with E-state index in [2.05, 4.69) is 0 Å². The zero-order valence-corrected chi connectivity index (χ0v) is 6.16. The third-order valence-electron chi connectivity index (χ3n) is 1.95. The largest absolute Gasteiger partial charge is 0.445 e. The van der Waals surface area contributed by atoms with Crippen LogP contribution in [-0.2, 0) is 11.3 Å². The highest BCUT2D eigenvalue weighted by Gasteiger charge is 2.21. The molecule has 1 aromatic rings. The summed E-state index contributed by atoms with van der Waals surface area (Å²) >= 11 is 0. The molecule has 0 amide bonds. The van der Waals surface area contributed by atoms with Crippen molar-refractivity contribution in [2.24, 2.45) is 0 Å². The molecule has 0 unspecified atom stereocenters. The molecule has 0 aromatic heterocycles. The van der Waals surface area contributed by atoms with Crippen LogP contribution < -0.4 is 5.46 Å². The monoisotopic (exact) mass is 148 g/mol. The molecule has 2 nitrogen and oxygen atoms in total. The molecular weight excluding hydrogens is 139 g/mol. The van der Waals surface area contributed by atoms with Crippen LogP contribution in [0.1, 0.15) is 5.56 Å². The van der Waals surface area contributed by atoms with E-state index in [1.54, 1.807) is 0 Å². The van der Waals surface area contributed by atoms with E-state index in [1.807, 2.05) is 24.3 Å². The Hall–Kier alpha value is -0.795. The van der Waals surface area contributed by atoms with E-state index in [1.165, 1.54) is 0 Å². The smallest absolute Gasteiger partial charge is 0.351 e. The molecule has 0 fully saturated rings. The van der Waals surface area contributed by atoms with Crippen molar-refractivity contribution in [3.05, 3.63) is 29.8 Å². The maximum atomic E-state index is 9.44. The van der Waals surface area contributed by atoms with E-state index in [9.17, 15) is 5.02 Å². The zero-order valence-electron chi connectivity index (χ0n) is 6.16. The van der Waals surface area contributed by atoms with Crippen LogP contribution in [0, 0.1) is 0 Å². The van der Waals surface area contributed by atoms with Gasteiger partial charge in [0, 0.05) is 0 Å². The Kier molecular flexibility index (Phi) is 1.68. The van der Waals surface area contributed by atoms with Gasteiger partial charge in [-0.3, -0.25) is 0 Å². The summed E-state index contributed by atoms with van der Waals surface area (Å²) in [6.45, 7) is 0.629. The predicted octanol–water partition coefficient (Wildman–Crippen LogP) is -0.0532. The first-order valence-corrected chi connectivity index (χ1v) is 3.71. The van der Waals surface area contributed by atoms with Crippen molar-refractivity contribution >= 4 is 12.4 Å². The van der Waals surface area contributed by atoms with Gasteiger partial charge >= 0.3 is 6.92 Å². The maximum Gasteiger partial charge on any atom is 0.351 e. The summed E-state index contributed by atoms with van der Waals surface area (Å²) in [6, 6.07) is 7.83. The van der Waals surface area contributed by atoms with Crippen LogP contribution in [0.15, 0.2) is 24.3 Å². The van der Waals surface area contributed by atoms with Crippen LogP contribution >= 0.6 is 0 Å². The lowest BCUT2D eigenvalue weighted by Gasteiger charge is -2.18. The van der Waals surface area contributed by atoms with Crippen LogP contribution in [0.2, 0.25) is 0 Å². The molecule has 0 saturated carbocycles. The Balaban J connectivity index is 2.44. The van der Waals surface area contributed by atoms with Gasteiger partial charge in [0.2, 0.25) is 0 Å². The van der Waals surface area contributed by atoms with Crippen molar-refractivity contribution in [2.45, 2.75) is 6.61 Å². The van der Waals surface area contributed by atoms with E-state index >= 15 is 0 Å². The molecule has 1 aromatic carbocycles. The molecule has 0 aliphatic carbocycles. The van der Waals surface area contributed by atoms with E-state index in [4.69, 9.17) is 4.74 Å². The Bertz CT molecular complexity index is 262. The summed E-state index contributed by atoms with van der Waals surface area (Å²) in [6.07, 6.45) is 0. The molecule has 1 aliphatic heterocycles. The molecule has 3 heteroatoms. The van der Waals surface area contributed by atoms with Crippen molar-refractivity contribution in [1.29, 1.82) is 0 Å². The third kappa shape index (κ3) is 1.17. The van der Waals surface area contributed by atoms with Crippen molar-refractivity contribution in [1.82, 2.24) is 0 Å². The highest BCUT2D eigenvalue weighted by atomic mass is 16.5. The molecule has 0 atom stereocenters. The van der Waals surface area contributed by atoms with Gasteiger partial charge in [-0.1, -0.05) is 24.3 Å². The minimum Gasteiger partial charge on any atom is -0.445 e. The van der Waals surface area contributed by atoms with Gasteiger partial charge in [-0.2, -0.15) is 0 Å². The Morgan fingerprint density at radius 1 is 1.36 bits per heavy atom. The summed E-state index contributed by atoms with van der Waals surface area (Å²) in [5, 5.41) is 9.44. The second kappa shape index (κ2) is 2.68. The fourth-order valence-corrected chi connectivity index (χ4v) is 1.36. The molecule has 0 bridgehead atoms. The lowest BCUT2D eigenvalue weighted by atomic mass is 9.60. The van der Waals surface area contributed by atoms with Crippen molar-refractivity contribution in [3.8, 4) is 0 Å². The molecule has 2 rings (SSSR count). The molecule has 0 radical (unpaired) electrons. The van der Waals surface area contributed by atoms with Crippen LogP contribution in [0.4, 0.5) is 0 Å². The van der Waals surface area contributed by atoms with Crippen LogP contribution in [0.25, 0.3) is 0 Å². The third-order valence-corrected chi connectivity index (χ3v) is 1.95. The highest BCUT2D eigenvalue weighted by Crippen LogP contribution is 2.04. The van der Waals surface area contributed by atoms with Gasteiger partial charge in [0.1, 0.15) is 0 Å². The molecule has 0 spiro atoms. The van der Waals surface area contributed by atoms with Gasteiger partial charge in [0.15, 0.2) is 0 Å². The van der Waals surface area contributed by atoms with Gasteiger partial charge in [-0.25, -0.2) is 0 Å². The van der Waals surface area contributed by atoms with Crippen molar-refractivity contribution in [3.63, 3.8) is 0 Å². The first-order valence-electron chi connectivity index (χ1n) is 3.71. The second-order valence-electron chi connectivity index (χ2n) is 2.73. The van der Waals surface area contributed by atoms with Crippen LogP contribution in [0.5, 0.6) is 0 Å². The minimum atomic E-state index is -0.431. The Labute approximate surface area is 65.9 Å². The topological polar surface area (TPSA) is 29.5 Å². The number of benzene rings is 1. The average molecular weight is 148 g/mol. The highest BCUT2D eigenvalue weighted by molar-refractivity contribution is 6.66. The lowest BCUT2D eigenvalue weighted by molar-refractivity contribution is 0.150. The fraction of sp³-hybridized carbons (Fsp3) is 0.250. The number of fused-ring (bicyclic) bond motifs is 1. The summed E-state index contributed by atoms with van der Waals surface area (Å²) in [7, 11) is 0. The molecule has 1 aliphatic rings.